The van der Waals surface area contributed by atoms with Crippen molar-refractivity contribution in [1.29, 1.82) is 0 Å². The summed E-state index contributed by atoms with van der Waals surface area (Å²) in [5.41, 5.74) is 0.800. The highest BCUT2D eigenvalue weighted by Gasteiger charge is 2.43. The van der Waals surface area contributed by atoms with Crippen LogP contribution in [-0.2, 0) is 9.53 Å². The minimum atomic E-state index is -0.505. The van der Waals surface area contributed by atoms with E-state index >= 15 is 0 Å². The second-order valence-corrected chi connectivity index (χ2v) is 7.00. The van der Waals surface area contributed by atoms with Gasteiger partial charge in [0.2, 0.25) is 0 Å². The van der Waals surface area contributed by atoms with E-state index in [1.807, 2.05) is 25.7 Å². The van der Waals surface area contributed by atoms with Crippen LogP contribution < -0.4 is 5.32 Å². The van der Waals surface area contributed by atoms with E-state index in [0.717, 1.165) is 25.7 Å². The van der Waals surface area contributed by atoms with Gasteiger partial charge in [-0.25, -0.2) is 0 Å². The fraction of sp³-hybridized carbons (Fsp3) is 0.588. The van der Waals surface area contributed by atoms with Crippen molar-refractivity contribution in [2.24, 2.45) is 0 Å². The van der Waals surface area contributed by atoms with Crippen LogP contribution in [-0.4, -0.2) is 30.4 Å². The number of likely N-dealkylation sites (N-methyl/N-ethyl adjacent to an activating group) is 1. The first-order valence-corrected chi connectivity index (χ1v) is 8.57. The van der Waals surface area contributed by atoms with Gasteiger partial charge in [0.15, 0.2) is 0 Å². The molecule has 0 radical (unpaired) electrons. The molecular weight excluding hydrogens is 282 g/mol. The number of rotatable bonds is 5. The average molecular weight is 307 g/mol. The number of nitrogens with one attached hydrogen (secondary N) is 1. The highest BCUT2D eigenvalue weighted by molar-refractivity contribution is 8.00. The lowest BCUT2D eigenvalue weighted by Crippen LogP contribution is -2.54. The Balaban J connectivity index is 2.09. The number of aryl methyl sites for hydroxylation is 1. The number of hydrogen-bond acceptors (Lipinski definition) is 4. The van der Waals surface area contributed by atoms with Crippen molar-refractivity contribution >= 4 is 17.7 Å². The van der Waals surface area contributed by atoms with Crippen molar-refractivity contribution in [3.8, 4) is 0 Å². The molecule has 1 aliphatic rings. The van der Waals surface area contributed by atoms with Gasteiger partial charge in [-0.05, 0) is 58.2 Å². The van der Waals surface area contributed by atoms with Crippen molar-refractivity contribution < 1.29 is 9.53 Å². The molecule has 2 unspecified atom stereocenters. The number of carbonyl (C=O) groups excluding carboxylic acids is 1. The number of carbonyl (C=O) groups is 1. The van der Waals surface area contributed by atoms with E-state index in [9.17, 15) is 4.79 Å². The highest BCUT2D eigenvalue weighted by Crippen LogP contribution is 2.39. The van der Waals surface area contributed by atoms with Crippen LogP contribution >= 0.6 is 11.8 Å². The molecule has 1 aromatic rings. The molecule has 1 saturated carbocycles. The number of ether oxygens (including phenoxy) is 1. The topological polar surface area (TPSA) is 38.3 Å². The first-order valence-electron chi connectivity index (χ1n) is 7.69. The second kappa shape index (κ2) is 7.32. The Morgan fingerprint density at radius 3 is 2.90 bits per heavy atom. The zero-order valence-electron chi connectivity index (χ0n) is 13.1. The zero-order valence-corrected chi connectivity index (χ0v) is 14.0. The number of benzene rings is 1. The van der Waals surface area contributed by atoms with Crippen molar-refractivity contribution in [3.63, 3.8) is 0 Å². The Hall–Kier alpha value is -1.00. The van der Waals surface area contributed by atoms with E-state index in [0.29, 0.717) is 11.9 Å². The zero-order chi connectivity index (χ0) is 15.3. The molecule has 0 saturated heterocycles. The van der Waals surface area contributed by atoms with E-state index in [2.05, 4.69) is 36.5 Å². The molecule has 3 nitrogen and oxygen atoms in total. The number of esters is 1. The monoisotopic (exact) mass is 307 g/mol. The molecule has 0 amide bonds. The van der Waals surface area contributed by atoms with Crippen molar-refractivity contribution in [1.82, 2.24) is 5.32 Å². The SMILES string of the molecule is CCOC(=O)C1(NC)CCCC(Sc2ccccc2C)C1. The Morgan fingerprint density at radius 1 is 1.48 bits per heavy atom. The smallest absolute Gasteiger partial charge is 0.326 e. The van der Waals surface area contributed by atoms with Crippen molar-refractivity contribution in [2.45, 2.75) is 55.2 Å². The van der Waals surface area contributed by atoms with Gasteiger partial charge < -0.3 is 10.1 Å². The Labute approximate surface area is 131 Å². The van der Waals surface area contributed by atoms with Gasteiger partial charge in [0.05, 0.1) is 6.61 Å². The summed E-state index contributed by atoms with van der Waals surface area (Å²) < 4.78 is 5.29. The summed E-state index contributed by atoms with van der Waals surface area (Å²) in [7, 11) is 1.87. The van der Waals surface area contributed by atoms with Crippen LogP contribution in [0.15, 0.2) is 29.2 Å². The first-order chi connectivity index (χ1) is 10.1. The van der Waals surface area contributed by atoms with Crippen LogP contribution in [0.5, 0.6) is 0 Å². The largest absolute Gasteiger partial charge is 0.465 e. The number of hydrogen-bond donors (Lipinski definition) is 1. The van der Waals surface area contributed by atoms with Crippen LogP contribution in [0.25, 0.3) is 0 Å². The third-order valence-electron chi connectivity index (χ3n) is 4.24. The fourth-order valence-electron chi connectivity index (χ4n) is 2.98. The second-order valence-electron chi connectivity index (χ2n) is 5.65. The van der Waals surface area contributed by atoms with Gasteiger partial charge in [-0.3, -0.25) is 4.79 Å². The molecule has 1 fully saturated rings. The molecule has 21 heavy (non-hydrogen) atoms. The van der Waals surface area contributed by atoms with Gasteiger partial charge in [-0.15, -0.1) is 11.8 Å². The Morgan fingerprint density at radius 2 is 2.24 bits per heavy atom. The molecule has 2 rings (SSSR count). The summed E-state index contributed by atoms with van der Waals surface area (Å²) in [6, 6.07) is 8.45. The molecule has 4 heteroatoms. The summed E-state index contributed by atoms with van der Waals surface area (Å²) in [4.78, 5) is 13.6. The van der Waals surface area contributed by atoms with Gasteiger partial charge in [-0.2, -0.15) is 0 Å². The van der Waals surface area contributed by atoms with Gasteiger partial charge in [0.25, 0.3) is 0 Å². The molecule has 116 valence electrons. The summed E-state index contributed by atoms with van der Waals surface area (Å²) in [6.45, 7) is 4.45. The minimum Gasteiger partial charge on any atom is -0.465 e. The van der Waals surface area contributed by atoms with Gasteiger partial charge in [0.1, 0.15) is 5.54 Å². The molecule has 1 aliphatic carbocycles. The maximum Gasteiger partial charge on any atom is 0.326 e. The summed E-state index contributed by atoms with van der Waals surface area (Å²) in [5.74, 6) is -0.0948. The van der Waals surface area contributed by atoms with Crippen LogP contribution in [0.2, 0.25) is 0 Å². The predicted molar refractivity (Wildman–Crippen MR) is 87.7 cm³/mol. The molecule has 1 N–H and O–H groups in total. The first kappa shape index (κ1) is 16.4. The van der Waals surface area contributed by atoms with E-state index in [1.165, 1.54) is 10.5 Å². The van der Waals surface area contributed by atoms with Crippen molar-refractivity contribution in [3.05, 3.63) is 29.8 Å². The van der Waals surface area contributed by atoms with Gasteiger partial charge in [-0.1, -0.05) is 18.2 Å². The molecular formula is C17H25NO2S. The lowest BCUT2D eigenvalue weighted by atomic mass is 9.81. The van der Waals surface area contributed by atoms with E-state index in [-0.39, 0.29) is 5.97 Å². The lowest BCUT2D eigenvalue weighted by molar-refractivity contribution is -0.152. The molecule has 0 spiro atoms. The van der Waals surface area contributed by atoms with E-state index < -0.39 is 5.54 Å². The molecule has 1 aromatic carbocycles. The molecule has 0 aliphatic heterocycles. The van der Waals surface area contributed by atoms with Crippen LogP contribution in [0.4, 0.5) is 0 Å². The lowest BCUT2D eigenvalue weighted by Gasteiger charge is -2.38. The summed E-state index contributed by atoms with van der Waals surface area (Å²) in [5, 5.41) is 3.70. The normalized spacial score (nSPS) is 25.6. The van der Waals surface area contributed by atoms with Gasteiger partial charge >= 0.3 is 5.97 Å². The standard InChI is InChI=1S/C17H25NO2S/c1-4-20-16(19)17(18-3)11-7-9-14(12-17)21-15-10-6-5-8-13(15)2/h5-6,8,10,14,18H,4,7,9,11-12H2,1-3H3. The van der Waals surface area contributed by atoms with E-state index in [1.54, 1.807) is 0 Å². The molecule has 0 aromatic heterocycles. The average Bonchev–Trinajstić information content (AvgIpc) is 2.50. The predicted octanol–water partition coefficient (Wildman–Crippen LogP) is 3.55. The van der Waals surface area contributed by atoms with Crippen LogP contribution in [0, 0.1) is 6.92 Å². The third-order valence-corrected chi connectivity index (χ3v) is 5.69. The fourth-order valence-corrected chi connectivity index (χ4v) is 4.40. The Bertz CT molecular complexity index is 491. The van der Waals surface area contributed by atoms with Crippen molar-refractivity contribution in [2.75, 3.05) is 13.7 Å². The maximum absolute atomic E-state index is 12.3. The summed E-state index contributed by atoms with van der Waals surface area (Å²) >= 11 is 1.90. The highest BCUT2D eigenvalue weighted by atomic mass is 32.2. The van der Waals surface area contributed by atoms with Crippen LogP contribution in [0.1, 0.15) is 38.2 Å². The molecule has 0 heterocycles. The minimum absolute atomic E-state index is 0.0948. The van der Waals surface area contributed by atoms with Crippen LogP contribution in [0.3, 0.4) is 0 Å². The number of thioether (sulfide) groups is 1. The van der Waals surface area contributed by atoms with E-state index in [4.69, 9.17) is 4.74 Å². The van der Waals surface area contributed by atoms with Gasteiger partial charge in [0, 0.05) is 10.1 Å². The molecule has 2 atom stereocenters. The maximum atomic E-state index is 12.3. The Kier molecular flexibility index (Phi) is 5.71. The third kappa shape index (κ3) is 3.80. The molecule has 0 bridgehead atoms. The quantitative estimate of drug-likeness (QED) is 0.844. The summed E-state index contributed by atoms with van der Waals surface area (Å²) in [6.07, 6.45) is 3.92.